The highest BCUT2D eigenvalue weighted by molar-refractivity contribution is 6.04. The molecule has 1 spiro atoms. The first-order valence-electron chi connectivity index (χ1n) is 14.1. The van der Waals surface area contributed by atoms with Gasteiger partial charge in [0.05, 0.1) is 31.4 Å². The van der Waals surface area contributed by atoms with Crippen LogP contribution in [0.4, 0.5) is 0 Å². The molecule has 7 rings (SSSR count). The van der Waals surface area contributed by atoms with Crippen molar-refractivity contribution in [2.75, 3.05) is 20.3 Å². The number of rotatable bonds is 4. The number of hydrogen-bond donors (Lipinski definition) is 0. The second kappa shape index (κ2) is 9.54. The van der Waals surface area contributed by atoms with Gasteiger partial charge in [-0.1, -0.05) is 59.3 Å². The summed E-state index contributed by atoms with van der Waals surface area (Å²) in [6.45, 7) is 7.68. The van der Waals surface area contributed by atoms with Crippen LogP contribution in [0.1, 0.15) is 47.7 Å². The Labute approximate surface area is 240 Å². The van der Waals surface area contributed by atoms with Gasteiger partial charge in [-0.2, -0.15) is 0 Å². The second-order valence-corrected chi connectivity index (χ2v) is 11.5. The van der Waals surface area contributed by atoms with E-state index in [4.69, 9.17) is 19.5 Å². The number of aryl methyl sites for hydroxylation is 2. The van der Waals surface area contributed by atoms with Crippen molar-refractivity contribution in [2.45, 2.75) is 44.8 Å². The minimum atomic E-state index is -0.719. The summed E-state index contributed by atoms with van der Waals surface area (Å²) < 4.78 is 13.9. The summed E-state index contributed by atoms with van der Waals surface area (Å²) >= 11 is 0. The standard InChI is InChI=1S/C34H34N4O3/c1-23-9-12-27(13-10-23)33(3)38-21-34(15-16-40-30-8-6-5-7-28(30)34)19-26(32(38)36-41-33)17-25-11-14-29(31(18-25)39-4)37-20-24(2)35-22-37/h5-14,17-18,20,22H,15-16,19,21H2,1-4H3/b26-17+. The quantitative estimate of drug-likeness (QED) is 0.292. The highest BCUT2D eigenvalue weighted by Crippen LogP contribution is 2.51. The van der Waals surface area contributed by atoms with Crippen LogP contribution in [0.15, 0.2) is 90.0 Å². The first-order chi connectivity index (χ1) is 19.9. The molecule has 2 atom stereocenters. The summed E-state index contributed by atoms with van der Waals surface area (Å²) in [7, 11) is 1.71. The molecule has 4 heterocycles. The number of methoxy groups -OCH3 is 1. The topological polar surface area (TPSA) is 61.1 Å². The number of amidine groups is 1. The third-order valence-corrected chi connectivity index (χ3v) is 8.78. The van der Waals surface area contributed by atoms with Crippen molar-refractivity contribution in [2.24, 2.45) is 5.16 Å². The first-order valence-corrected chi connectivity index (χ1v) is 14.1. The summed E-state index contributed by atoms with van der Waals surface area (Å²) in [5.41, 5.74) is 6.77. The third kappa shape index (κ3) is 4.19. The van der Waals surface area contributed by atoms with E-state index in [1.807, 2.05) is 24.0 Å². The molecule has 1 saturated heterocycles. The molecule has 7 nitrogen and oxygen atoms in total. The van der Waals surface area contributed by atoms with E-state index in [0.29, 0.717) is 6.61 Å². The van der Waals surface area contributed by atoms with Gasteiger partial charge in [0.1, 0.15) is 11.5 Å². The van der Waals surface area contributed by atoms with Gasteiger partial charge in [-0.05, 0) is 62.1 Å². The van der Waals surface area contributed by atoms with Gasteiger partial charge in [-0.15, -0.1) is 0 Å². The summed E-state index contributed by atoms with van der Waals surface area (Å²) in [5.74, 6) is 2.64. The Kier molecular flexibility index (Phi) is 5.92. The minimum Gasteiger partial charge on any atom is -0.495 e. The largest absolute Gasteiger partial charge is 0.495 e. The smallest absolute Gasteiger partial charge is 0.234 e. The summed E-state index contributed by atoms with van der Waals surface area (Å²) in [6, 6.07) is 23.3. The number of imidazole rings is 1. The number of fused-ring (bicyclic) bond motifs is 3. The van der Waals surface area contributed by atoms with Crippen molar-refractivity contribution in [3.05, 3.63) is 113 Å². The van der Waals surface area contributed by atoms with E-state index in [0.717, 1.165) is 64.8 Å². The van der Waals surface area contributed by atoms with Crippen LogP contribution in [0, 0.1) is 13.8 Å². The fourth-order valence-corrected chi connectivity index (χ4v) is 6.50. The number of ether oxygens (including phenoxy) is 2. The Bertz CT molecular complexity index is 1690. The minimum absolute atomic E-state index is 0.141. The predicted molar refractivity (Wildman–Crippen MR) is 159 cm³/mol. The predicted octanol–water partition coefficient (Wildman–Crippen LogP) is 6.52. The summed E-state index contributed by atoms with van der Waals surface area (Å²) in [4.78, 5) is 13.1. The third-order valence-electron chi connectivity index (χ3n) is 8.78. The highest BCUT2D eigenvalue weighted by Gasteiger charge is 2.53. The molecule has 3 aromatic carbocycles. The van der Waals surface area contributed by atoms with Gasteiger partial charge in [0.25, 0.3) is 0 Å². The molecule has 208 valence electrons. The molecule has 0 bridgehead atoms. The zero-order valence-corrected chi connectivity index (χ0v) is 23.9. The Morgan fingerprint density at radius 2 is 1.85 bits per heavy atom. The number of piperidine rings is 1. The van der Waals surface area contributed by atoms with Gasteiger partial charge < -0.3 is 23.8 Å². The van der Waals surface area contributed by atoms with Crippen LogP contribution in [-0.4, -0.2) is 40.5 Å². The Morgan fingerprint density at radius 1 is 1.02 bits per heavy atom. The van der Waals surface area contributed by atoms with Gasteiger partial charge in [0.2, 0.25) is 5.72 Å². The molecular formula is C34H34N4O3. The lowest BCUT2D eigenvalue weighted by Crippen LogP contribution is -2.56. The van der Waals surface area contributed by atoms with Crippen LogP contribution < -0.4 is 9.47 Å². The maximum atomic E-state index is 6.33. The van der Waals surface area contributed by atoms with Gasteiger partial charge >= 0.3 is 0 Å². The average molecular weight is 547 g/mol. The molecule has 4 aromatic rings. The molecule has 3 aliphatic rings. The average Bonchev–Trinajstić information content (AvgIpc) is 3.57. The van der Waals surface area contributed by atoms with E-state index in [-0.39, 0.29) is 5.41 Å². The summed E-state index contributed by atoms with van der Waals surface area (Å²) in [6.07, 6.45) is 7.80. The number of oxime groups is 1. The molecule has 0 aliphatic carbocycles. The fourth-order valence-electron chi connectivity index (χ4n) is 6.50. The lowest BCUT2D eigenvalue weighted by Gasteiger charge is -2.49. The van der Waals surface area contributed by atoms with E-state index < -0.39 is 5.72 Å². The molecule has 2 unspecified atom stereocenters. The van der Waals surface area contributed by atoms with Crippen molar-refractivity contribution >= 4 is 11.9 Å². The zero-order valence-electron chi connectivity index (χ0n) is 23.9. The van der Waals surface area contributed by atoms with E-state index in [1.54, 1.807) is 7.11 Å². The van der Waals surface area contributed by atoms with Crippen molar-refractivity contribution in [1.82, 2.24) is 14.5 Å². The van der Waals surface area contributed by atoms with E-state index in [9.17, 15) is 0 Å². The molecule has 0 radical (unpaired) electrons. The van der Waals surface area contributed by atoms with E-state index >= 15 is 0 Å². The van der Waals surface area contributed by atoms with Crippen molar-refractivity contribution < 1.29 is 14.3 Å². The number of hydrogen-bond acceptors (Lipinski definition) is 6. The van der Waals surface area contributed by atoms with Crippen molar-refractivity contribution in [3.8, 4) is 17.2 Å². The van der Waals surface area contributed by atoms with Gasteiger partial charge in [0.15, 0.2) is 5.84 Å². The lowest BCUT2D eigenvalue weighted by molar-refractivity contribution is -0.0990. The Hall–Kier alpha value is -4.52. The Morgan fingerprint density at radius 3 is 2.63 bits per heavy atom. The number of aromatic nitrogens is 2. The highest BCUT2D eigenvalue weighted by atomic mass is 16.7. The monoisotopic (exact) mass is 546 g/mol. The number of benzene rings is 3. The summed E-state index contributed by atoms with van der Waals surface area (Å²) in [5, 5.41) is 4.73. The van der Waals surface area contributed by atoms with Crippen LogP contribution >= 0.6 is 0 Å². The molecule has 0 amide bonds. The van der Waals surface area contributed by atoms with Gasteiger partial charge in [-0.3, -0.25) is 0 Å². The molecule has 1 aromatic heterocycles. The maximum Gasteiger partial charge on any atom is 0.234 e. The van der Waals surface area contributed by atoms with Crippen LogP contribution in [0.25, 0.3) is 11.8 Å². The lowest BCUT2D eigenvalue weighted by atomic mass is 9.68. The SMILES string of the molecule is COc1cc(/C=C2\CC3(CCOc4ccccc43)CN3C2=NOC3(C)c2ccc(C)cc2)ccc1-n1cnc(C)c1. The zero-order chi connectivity index (χ0) is 28.2. The van der Waals surface area contributed by atoms with E-state index in [1.165, 1.54) is 11.1 Å². The molecule has 3 aliphatic heterocycles. The molecule has 7 heteroatoms. The van der Waals surface area contributed by atoms with Crippen molar-refractivity contribution in [3.63, 3.8) is 0 Å². The molecule has 0 N–H and O–H groups in total. The van der Waals surface area contributed by atoms with Crippen LogP contribution in [-0.2, 0) is 16.0 Å². The maximum absolute atomic E-state index is 6.33. The van der Waals surface area contributed by atoms with Crippen LogP contribution in [0.2, 0.25) is 0 Å². The Balaban J connectivity index is 1.34. The fraction of sp³-hybridized carbons (Fsp3) is 0.294. The molecule has 1 fully saturated rings. The van der Waals surface area contributed by atoms with Gasteiger partial charge in [-0.25, -0.2) is 4.98 Å². The van der Waals surface area contributed by atoms with Gasteiger partial charge in [0, 0.05) is 36.2 Å². The first kappa shape index (κ1) is 25.4. The van der Waals surface area contributed by atoms with E-state index in [2.05, 4.69) is 96.5 Å². The number of nitrogens with zero attached hydrogens (tertiary/aromatic N) is 4. The molecule has 0 saturated carbocycles. The molecule has 41 heavy (non-hydrogen) atoms. The second-order valence-electron chi connectivity index (χ2n) is 11.5. The number of para-hydroxylation sites is 1. The van der Waals surface area contributed by atoms with Crippen LogP contribution in [0.5, 0.6) is 11.5 Å². The molecular weight excluding hydrogens is 512 g/mol. The van der Waals surface area contributed by atoms with Crippen LogP contribution in [0.3, 0.4) is 0 Å². The van der Waals surface area contributed by atoms with Crippen molar-refractivity contribution in [1.29, 1.82) is 0 Å². The normalized spacial score (nSPS) is 24.0.